The molecule has 0 aliphatic carbocycles. The number of carbonyl (C=O) groups excluding carboxylic acids is 1. The number of rotatable bonds is 5. The van der Waals surface area contributed by atoms with Crippen LogP contribution in [0.1, 0.15) is 12.0 Å². The van der Waals surface area contributed by atoms with E-state index in [2.05, 4.69) is 25.1 Å². The summed E-state index contributed by atoms with van der Waals surface area (Å²) >= 11 is 5.99. The Balaban J connectivity index is 1.44. The number of benzene rings is 1. The number of hydrogen-bond donors (Lipinski definition) is 1. The molecular formula is C18H22ClN5O. The number of aromatic nitrogens is 2. The van der Waals surface area contributed by atoms with Gasteiger partial charge in [0.15, 0.2) is 0 Å². The van der Waals surface area contributed by atoms with Crippen molar-refractivity contribution in [1.82, 2.24) is 14.9 Å². The second kappa shape index (κ2) is 8.27. The zero-order valence-corrected chi connectivity index (χ0v) is 15.0. The minimum Gasteiger partial charge on any atom is -0.338 e. The Hall–Kier alpha value is -2.18. The van der Waals surface area contributed by atoms with Gasteiger partial charge in [-0.2, -0.15) is 0 Å². The van der Waals surface area contributed by atoms with Gasteiger partial charge in [0, 0.05) is 62.2 Å². The number of carbonyl (C=O) groups is 1. The van der Waals surface area contributed by atoms with Crippen LogP contribution in [-0.2, 0) is 4.79 Å². The van der Waals surface area contributed by atoms with Crippen LogP contribution in [0.2, 0.25) is 5.02 Å². The zero-order valence-electron chi connectivity index (χ0n) is 14.3. The molecule has 3 rings (SSSR count). The van der Waals surface area contributed by atoms with Crippen LogP contribution in [-0.4, -0.2) is 53.5 Å². The lowest BCUT2D eigenvalue weighted by molar-refractivity contribution is -0.116. The third kappa shape index (κ3) is 4.90. The van der Waals surface area contributed by atoms with E-state index < -0.39 is 0 Å². The summed E-state index contributed by atoms with van der Waals surface area (Å²) in [5.41, 5.74) is 1.79. The van der Waals surface area contributed by atoms with Crippen LogP contribution in [0.5, 0.6) is 0 Å². The first-order valence-electron chi connectivity index (χ1n) is 8.42. The van der Waals surface area contributed by atoms with E-state index in [4.69, 9.17) is 11.6 Å². The van der Waals surface area contributed by atoms with Crippen molar-refractivity contribution in [2.24, 2.45) is 0 Å². The highest BCUT2D eigenvalue weighted by Crippen LogP contribution is 2.20. The molecule has 1 aliphatic heterocycles. The highest BCUT2D eigenvalue weighted by atomic mass is 35.5. The Labute approximate surface area is 152 Å². The smallest absolute Gasteiger partial charge is 0.225 e. The maximum atomic E-state index is 12.2. The average Bonchev–Trinajstić information content (AvgIpc) is 2.64. The fourth-order valence-corrected chi connectivity index (χ4v) is 3.00. The van der Waals surface area contributed by atoms with Gasteiger partial charge in [0.2, 0.25) is 11.9 Å². The summed E-state index contributed by atoms with van der Waals surface area (Å²) in [6, 6.07) is 7.33. The number of aryl methyl sites for hydroxylation is 1. The van der Waals surface area contributed by atoms with Crippen molar-refractivity contribution in [2.45, 2.75) is 13.3 Å². The first-order chi connectivity index (χ1) is 12.1. The Morgan fingerprint density at radius 1 is 1.20 bits per heavy atom. The number of nitrogens with zero attached hydrogens (tertiary/aromatic N) is 4. The van der Waals surface area contributed by atoms with E-state index in [0.717, 1.165) is 49.9 Å². The molecule has 25 heavy (non-hydrogen) atoms. The number of nitrogens with one attached hydrogen (secondary N) is 1. The van der Waals surface area contributed by atoms with Crippen LogP contribution < -0.4 is 10.2 Å². The van der Waals surface area contributed by atoms with Crippen molar-refractivity contribution < 1.29 is 4.79 Å². The van der Waals surface area contributed by atoms with E-state index in [0.29, 0.717) is 11.4 Å². The van der Waals surface area contributed by atoms with Crippen LogP contribution in [0.3, 0.4) is 0 Å². The van der Waals surface area contributed by atoms with E-state index in [1.54, 1.807) is 18.5 Å². The van der Waals surface area contributed by atoms with Gasteiger partial charge in [-0.15, -0.1) is 0 Å². The molecular weight excluding hydrogens is 338 g/mol. The number of anilines is 2. The number of hydrogen-bond acceptors (Lipinski definition) is 5. The highest BCUT2D eigenvalue weighted by Gasteiger charge is 2.19. The van der Waals surface area contributed by atoms with Crippen molar-refractivity contribution in [1.29, 1.82) is 0 Å². The molecule has 0 unspecified atom stereocenters. The number of piperazine rings is 1. The number of amides is 1. The van der Waals surface area contributed by atoms with Gasteiger partial charge in [0.1, 0.15) is 0 Å². The lowest BCUT2D eigenvalue weighted by Gasteiger charge is -2.34. The summed E-state index contributed by atoms with van der Waals surface area (Å²) in [5.74, 6) is 0.788. The molecule has 0 saturated carbocycles. The van der Waals surface area contributed by atoms with E-state index in [-0.39, 0.29) is 5.91 Å². The van der Waals surface area contributed by atoms with E-state index >= 15 is 0 Å². The van der Waals surface area contributed by atoms with Crippen molar-refractivity contribution in [3.63, 3.8) is 0 Å². The molecule has 1 saturated heterocycles. The lowest BCUT2D eigenvalue weighted by Crippen LogP contribution is -2.47. The van der Waals surface area contributed by atoms with Crippen LogP contribution in [0.15, 0.2) is 36.7 Å². The fourth-order valence-electron chi connectivity index (χ4n) is 2.83. The summed E-state index contributed by atoms with van der Waals surface area (Å²) in [6.45, 7) is 6.26. The molecule has 0 spiro atoms. The molecule has 6 nitrogen and oxygen atoms in total. The normalized spacial score (nSPS) is 15.2. The minimum absolute atomic E-state index is 0.0131. The Kier molecular flexibility index (Phi) is 5.83. The Bertz CT molecular complexity index is 717. The first-order valence-corrected chi connectivity index (χ1v) is 8.80. The maximum absolute atomic E-state index is 12.2. The largest absolute Gasteiger partial charge is 0.338 e. The molecule has 0 atom stereocenters. The van der Waals surface area contributed by atoms with Crippen molar-refractivity contribution >= 4 is 29.1 Å². The van der Waals surface area contributed by atoms with Gasteiger partial charge in [-0.1, -0.05) is 17.7 Å². The second-order valence-electron chi connectivity index (χ2n) is 6.13. The zero-order chi connectivity index (χ0) is 17.6. The predicted octanol–water partition coefficient (Wildman–Crippen LogP) is 2.59. The monoisotopic (exact) mass is 359 g/mol. The topological polar surface area (TPSA) is 61.4 Å². The molecule has 1 amide bonds. The summed E-state index contributed by atoms with van der Waals surface area (Å²) in [5, 5.41) is 3.57. The summed E-state index contributed by atoms with van der Waals surface area (Å²) < 4.78 is 0. The van der Waals surface area contributed by atoms with Gasteiger partial charge in [-0.25, -0.2) is 9.97 Å². The molecule has 2 heterocycles. The van der Waals surface area contributed by atoms with Gasteiger partial charge in [-0.3, -0.25) is 9.69 Å². The van der Waals surface area contributed by atoms with E-state index in [1.807, 2.05) is 25.1 Å². The van der Waals surface area contributed by atoms with Gasteiger partial charge in [0.25, 0.3) is 0 Å². The SMILES string of the molecule is Cc1ccc(Cl)cc1NC(=O)CCN1CCN(c2ncccn2)CC1. The molecule has 0 radical (unpaired) electrons. The molecule has 1 fully saturated rings. The van der Waals surface area contributed by atoms with Crippen LogP contribution in [0.4, 0.5) is 11.6 Å². The van der Waals surface area contributed by atoms with Crippen LogP contribution >= 0.6 is 11.6 Å². The van der Waals surface area contributed by atoms with Gasteiger partial charge in [-0.05, 0) is 30.7 Å². The van der Waals surface area contributed by atoms with E-state index in [9.17, 15) is 4.79 Å². The molecule has 1 N–H and O–H groups in total. The van der Waals surface area contributed by atoms with Crippen LogP contribution in [0.25, 0.3) is 0 Å². The fraction of sp³-hybridized carbons (Fsp3) is 0.389. The molecule has 1 aliphatic rings. The molecule has 1 aromatic carbocycles. The Morgan fingerprint density at radius 3 is 2.64 bits per heavy atom. The van der Waals surface area contributed by atoms with Gasteiger partial charge >= 0.3 is 0 Å². The first kappa shape index (κ1) is 17.6. The molecule has 132 valence electrons. The van der Waals surface area contributed by atoms with Gasteiger partial charge in [0.05, 0.1) is 0 Å². The van der Waals surface area contributed by atoms with E-state index in [1.165, 1.54) is 0 Å². The average molecular weight is 360 g/mol. The summed E-state index contributed by atoms with van der Waals surface area (Å²) in [4.78, 5) is 25.2. The summed E-state index contributed by atoms with van der Waals surface area (Å²) in [6.07, 6.45) is 3.99. The molecule has 7 heteroatoms. The molecule has 1 aromatic heterocycles. The summed E-state index contributed by atoms with van der Waals surface area (Å²) in [7, 11) is 0. The van der Waals surface area contributed by atoms with Crippen molar-refractivity contribution in [2.75, 3.05) is 42.9 Å². The maximum Gasteiger partial charge on any atom is 0.225 e. The second-order valence-corrected chi connectivity index (χ2v) is 6.57. The number of halogens is 1. The highest BCUT2D eigenvalue weighted by molar-refractivity contribution is 6.31. The van der Waals surface area contributed by atoms with Gasteiger partial charge < -0.3 is 10.2 Å². The standard InChI is InChI=1S/C18H22ClN5O/c1-14-3-4-15(19)13-16(14)22-17(25)5-8-23-9-11-24(12-10-23)18-20-6-2-7-21-18/h2-4,6-7,13H,5,8-12H2,1H3,(H,22,25). The van der Waals surface area contributed by atoms with Crippen LogP contribution in [0, 0.1) is 6.92 Å². The predicted molar refractivity (Wildman–Crippen MR) is 100 cm³/mol. The molecule has 2 aromatic rings. The molecule has 0 bridgehead atoms. The third-order valence-corrected chi connectivity index (χ3v) is 4.57. The van der Waals surface area contributed by atoms with Crippen molar-refractivity contribution in [3.8, 4) is 0 Å². The Morgan fingerprint density at radius 2 is 1.92 bits per heavy atom. The lowest BCUT2D eigenvalue weighted by atomic mass is 10.2. The minimum atomic E-state index is 0.0131. The van der Waals surface area contributed by atoms with Crippen molar-refractivity contribution in [3.05, 3.63) is 47.2 Å². The third-order valence-electron chi connectivity index (χ3n) is 4.34. The quantitative estimate of drug-likeness (QED) is 0.889.